The van der Waals surface area contributed by atoms with Gasteiger partial charge in [0.25, 0.3) is 0 Å². The zero-order chi connectivity index (χ0) is 19.7. The third kappa shape index (κ3) is 3.86. The molecular formula is C19H15Cl2N3O3. The van der Waals surface area contributed by atoms with Crippen LogP contribution in [0, 0.1) is 6.92 Å². The van der Waals surface area contributed by atoms with Crippen molar-refractivity contribution < 1.29 is 14.7 Å². The number of aromatic nitrogens is 3. The van der Waals surface area contributed by atoms with Crippen LogP contribution < -0.4 is 0 Å². The summed E-state index contributed by atoms with van der Waals surface area (Å²) in [7, 11) is 0. The summed E-state index contributed by atoms with van der Waals surface area (Å²) in [6.07, 6.45) is 2.99. The van der Waals surface area contributed by atoms with Crippen molar-refractivity contribution in [3.8, 4) is 11.4 Å². The number of benzene rings is 1. The number of ketones is 1. The number of Topliss-reactive ketones (excluding diaryl/α,β-unsaturated/α-hetero) is 1. The Bertz CT molecular complexity index is 1060. The molecule has 0 aliphatic heterocycles. The maximum absolute atomic E-state index is 11.8. The second-order valence-corrected chi connectivity index (χ2v) is 6.86. The molecule has 8 heteroatoms. The van der Waals surface area contributed by atoms with Gasteiger partial charge in [-0.2, -0.15) is 0 Å². The van der Waals surface area contributed by atoms with Gasteiger partial charge in [0.05, 0.1) is 12.2 Å². The highest BCUT2D eigenvalue weighted by Gasteiger charge is 2.22. The first-order chi connectivity index (χ1) is 12.8. The molecular weight excluding hydrogens is 389 g/mol. The van der Waals surface area contributed by atoms with Crippen LogP contribution in [0.5, 0.6) is 0 Å². The molecule has 27 heavy (non-hydrogen) atoms. The molecule has 0 spiro atoms. The van der Waals surface area contributed by atoms with Crippen molar-refractivity contribution in [2.75, 3.05) is 0 Å². The van der Waals surface area contributed by atoms with E-state index in [0.29, 0.717) is 38.3 Å². The summed E-state index contributed by atoms with van der Waals surface area (Å²) in [5.41, 5.74) is 1.99. The Morgan fingerprint density at radius 1 is 1.19 bits per heavy atom. The van der Waals surface area contributed by atoms with E-state index >= 15 is 0 Å². The fourth-order valence-electron chi connectivity index (χ4n) is 2.81. The van der Waals surface area contributed by atoms with Gasteiger partial charge in [0, 0.05) is 33.6 Å². The molecule has 0 atom stereocenters. The average Bonchev–Trinajstić information content (AvgIpc) is 2.94. The number of carbonyl (C=O) groups is 2. The highest BCUT2D eigenvalue weighted by Crippen LogP contribution is 2.27. The summed E-state index contributed by atoms with van der Waals surface area (Å²) in [6.45, 7) is 3.21. The van der Waals surface area contributed by atoms with Crippen LogP contribution in [0.25, 0.3) is 11.4 Å². The van der Waals surface area contributed by atoms with Gasteiger partial charge in [-0.3, -0.25) is 9.78 Å². The van der Waals surface area contributed by atoms with Crippen LogP contribution in [0.15, 0.2) is 36.7 Å². The van der Waals surface area contributed by atoms with Crippen LogP contribution in [0.2, 0.25) is 10.0 Å². The van der Waals surface area contributed by atoms with Crippen molar-refractivity contribution in [1.29, 1.82) is 0 Å². The number of nitrogens with zero attached hydrogens (tertiary/aromatic N) is 3. The Morgan fingerprint density at radius 2 is 1.93 bits per heavy atom. The predicted molar refractivity (Wildman–Crippen MR) is 103 cm³/mol. The second kappa shape index (κ2) is 7.50. The van der Waals surface area contributed by atoms with Crippen molar-refractivity contribution in [3.63, 3.8) is 0 Å². The lowest BCUT2D eigenvalue weighted by atomic mass is 10.1. The van der Waals surface area contributed by atoms with E-state index in [9.17, 15) is 14.7 Å². The first-order valence-electron chi connectivity index (χ1n) is 7.98. The van der Waals surface area contributed by atoms with Gasteiger partial charge in [0.1, 0.15) is 5.82 Å². The van der Waals surface area contributed by atoms with E-state index in [4.69, 9.17) is 23.2 Å². The van der Waals surface area contributed by atoms with Crippen LogP contribution in [0.1, 0.15) is 39.0 Å². The molecule has 0 bridgehead atoms. The summed E-state index contributed by atoms with van der Waals surface area (Å²) in [5.74, 6) is -0.868. The Kier molecular flexibility index (Phi) is 5.30. The van der Waals surface area contributed by atoms with Crippen LogP contribution in [-0.2, 0) is 6.54 Å². The van der Waals surface area contributed by atoms with E-state index in [1.165, 1.54) is 23.9 Å². The molecule has 0 aliphatic carbocycles. The van der Waals surface area contributed by atoms with E-state index in [1.807, 2.05) is 0 Å². The monoisotopic (exact) mass is 403 g/mol. The highest BCUT2D eigenvalue weighted by atomic mass is 35.5. The molecule has 1 N–H and O–H groups in total. The standard InChI is InChI=1S/C19H15Cl2N3O3/c1-10-17(19(26)27)24(9-14-6-15(20)3-4-16(14)21)18(23-10)13-5-12(11(2)25)7-22-8-13/h3-8H,9H2,1-2H3,(H,26,27). The van der Waals surface area contributed by atoms with E-state index in [-0.39, 0.29) is 18.0 Å². The van der Waals surface area contributed by atoms with E-state index < -0.39 is 5.97 Å². The minimum Gasteiger partial charge on any atom is -0.477 e. The third-order valence-corrected chi connectivity index (χ3v) is 4.69. The highest BCUT2D eigenvalue weighted by molar-refractivity contribution is 6.33. The lowest BCUT2D eigenvalue weighted by molar-refractivity contribution is 0.0684. The number of carboxylic acid groups (broad SMARTS) is 1. The SMILES string of the molecule is CC(=O)c1cncc(-c2nc(C)c(C(=O)O)n2Cc2cc(Cl)ccc2Cl)c1. The zero-order valence-corrected chi connectivity index (χ0v) is 16.0. The van der Waals surface area contributed by atoms with Crippen molar-refractivity contribution in [1.82, 2.24) is 14.5 Å². The molecule has 138 valence electrons. The number of rotatable bonds is 5. The fraction of sp³-hybridized carbons (Fsp3) is 0.158. The van der Waals surface area contributed by atoms with Gasteiger partial charge in [-0.15, -0.1) is 0 Å². The van der Waals surface area contributed by atoms with Crippen molar-refractivity contribution in [2.45, 2.75) is 20.4 Å². The van der Waals surface area contributed by atoms with Crippen molar-refractivity contribution in [3.05, 3.63) is 69.2 Å². The number of halogens is 2. The number of hydrogen-bond acceptors (Lipinski definition) is 4. The summed E-state index contributed by atoms with van der Waals surface area (Å²) in [5, 5.41) is 10.6. The molecule has 0 aliphatic rings. The predicted octanol–water partition coefficient (Wildman–Crippen LogP) is 4.51. The van der Waals surface area contributed by atoms with Gasteiger partial charge < -0.3 is 9.67 Å². The fourth-order valence-corrected chi connectivity index (χ4v) is 3.18. The molecule has 0 amide bonds. The maximum atomic E-state index is 11.8. The van der Waals surface area contributed by atoms with Gasteiger partial charge >= 0.3 is 5.97 Å². The lowest BCUT2D eigenvalue weighted by Gasteiger charge is -2.12. The molecule has 1 aromatic carbocycles. The minimum atomic E-state index is -1.11. The number of carboxylic acids is 1. The molecule has 0 saturated heterocycles. The van der Waals surface area contributed by atoms with E-state index in [1.54, 1.807) is 31.2 Å². The molecule has 0 radical (unpaired) electrons. The van der Waals surface area contributed by atoms with Crippen LogP contribution in [0.4, 0.5) is 0 Å². The molecule has 6 nitrogen and oxygen atoms in total. The number of aromatic carboxylic acids is 1. The summed E-state index contributed by atoms with van der Waals surface area (Å²) < 4.78 is 1.54. The number of imidazole rings is 1. The molecule has 0 saturated carbocycles. The minimum absolute atomic E-state index is 0.0364. The van der Waals surface area contributed by atoms with Gasteiger partial charge in [0.2, 0.25) is 0 Å². The van der Waals surface area contributed by atoms with Crippen molar-refractivity contribution >= 4 is 35.0 Å². The number of hydrogen-bond donors (Lipinski definition) is 1. The Balaban J connectivity index is 2.20. The van der Waals surface area contributed by atoms with Gasteiger partial charge in [-0.25, -0.2) is 9.78 Å². The zero-order valence-electron chi connectivity index (χ0n) is 14.5. The molecule has 2 heterocycles. The van der Waals surface area contributed by atoms with Crippen molar-refractivity contribution in [2.24, 2.45) is 0 Å². The van der Waals surface area contributed by atoms with Crippen LogP contribution in [-0.4, -0.2) is 31.4 Å². The van der Waals surface area contributed by atoms with E-state index in [0.717, 1.165) is 0 Å². The Morgan fingerprint density at radius 3 is 2.59 bits per heavy atom. The van der Waals surface area contributed by atoms with Crippen LogP contribution >= 0.6 is 23.2 Å². The quantitative estimate of drug-likeness (QED) is 0.633. The maximum Gasteiger partial charge on any atom is 0.354 e. The topological polar surface area (TPSA) is 85.1 Å². The van der Waals surface area contributed by atoms with E-state index in [2.05, 4.69) is 9.97 Å². The van der Waals surface area contributed by atoms with Crippen LogP contribution in [0.3, 0.4) is 0 Å². The Labute approximate surface area is 165 Å². The molecule has 3 aromatic rings. The molecule has 3 rings (SSSR count). The largest absolute Gasteiger partial charge is 0.477 e. The molecule has 0 unspecified atom stereocenters. The number of carbonyl (C=O) groups excluding carboxylic acids is 1. The van der Waals surface area contributed by atoms with Gasteiger partial charge in [-0.05, 0) is 43.7 Å². The molecule has 0 fully saturated rings. The van der Waals surface area contributed by atoms with Gasteiger partial charge in [-0.1, -0.05) is 23.2 Å². The third-order valence-electron chi connectivity index (χ3n) is 4.08. The normalized spacial score (nSPS) is 10.8. The first kappa shape index (κ1) is 19.1. The summed E-state index contributed by atoms with van der Waals surface area (Å²) >= 11 is 12.3. The first-order valence-corrected chi connectivity index (χ1v) is 8.74. The Hall–Kier alpha value is -2.70. The number of pyridine rings is 1. The number of aryl methyl sites for hydroxylation is 1. The summed E-state index contributed by atoms with van der Waals surface area (Å²) in [6, 6.07) is 6.63. The average molecular weight is 404 g/mol. The van der Waals surface area contributed by atoms with Gasteiger partial charge in [0.15, 0.2) is 11.5 Å². The summed E-state index contributed by atoms with van der Waals surface area (Å²) in [4.78, 5) is 32.0. The second-order valence-electron chi connectivity index (χ2n) is 6.01. The lowest BCUT2D eigenvalue weighted by Crippen LogP contribution is -2.12. The smallest absolute Gasteiger partial charge is 0.354 e. The molecule has 2 aromatic heterocycles.